The molecular formula is C31H39F2N7O3. The number of hydrogen-bond donors (Lipinski definition) is 0. The van der Waals surface area contributed by atoms with E-state index in [0.29, 0.717) is 56.8 Å². The van der Waals surface area contributed by atoms with E-state index >= 15 is 0 Å². The molecule has 0 radical (unpaired) electrons. The fourth-order valence-electron chi connectivity index (χ4n) is 7.75. The maximum atomic E-state index is 14.5. The van der Waals surface area contributed by atoms with Gasteiger partial charge in [-0.05, 0) is 25.0 Å². The zero-order valence-corrected chi connectivity index (χ0v) is 24.8. The maximum Gasteiger partial charge on any atom is 0.281 e. The van der Waals surface area contributed by atoms with Crippen LogP contribution in [0.2, 0.25) is 0 Å². The molecule has 1 amide bonds. The number of carbonyl (C=O) groups excluding carboxylic acids is 1. The maximum absolute atomic E-state index is 14.5. The van der Waals surface area contributed by atoms with Crippen molar-refractivity contribution in [3.63, 3.8) is 0 Å². The highest BCUT2D eigenvalue weighted by atomic mass is 19.3. The van der Waals surface area contributed by atoms with Crippen LogP contribution in [0.3, 0.4) is 0 Å². The van der Waals surface area contributed by atoms with Crippen molar-refractivity contribution in [2.24, 2.45) is 0 Å². The van der Waals surface area contributed by atoms with Crippen molar-refractivity contribution >= 4 is 23.5 Å². The largest absolute Gasteiger partial charge is 0.382 e. The van der Waals surface area contributed by atoms with Crippen LogP contribution in [-0.4, -0.2) is 109 Å². The van der Waals surface area contributed by atoms with E-state index in [4.69, 9.17) is 9.47 Å². The molecule has 0 bridgehead atoms. The molecule has 5 aliphatic heterocycles. The Hall–Kier alpha value is -3.35. The number of piperazine rings is 1. The molecular weight excluding hydrogens is 556 g/mol. The highest BCUT2D eigenvalue weighted by Crippen LogP contribution is 2.46. The molecule has 2 aromatic rings. The van der Waals surface area contributed by atoms with Gasteiger partial charge in [-0.25, -0.2) is 13.8 Å². The van der Waals surface area contributed by atoms with Crippen molar-refractivity contribution in [3.8, 4) is 0 Å². The summed E-state index contributed by atoms with van der Waals surface area (Å²) < 4.78 is 43.1. The van der Waals surface area contributed by atoms with Crippen LogP contribution in [0, 0.1) is 6.92 Å². The van der Waals surface area contributed by atoms with E-state index in [2.05, 4.69) is 31.4 Å². The fourth-order valence-corrected chi connectivity index (χ4v) is 7.75. The molecule has 3 saturated heterocycles. The summed E-state index contributed by atoms with van der Waals surface area (Å²) in [4.78, 5) is 25.3. The molecule has 1 spiro atoms. The minimum Gasteiger partial charge on any atom is -0.382 e. The zero-order chi connectivity index (χ0) is 29.9. The van der Waals surface area contributed by atoms with Crippen molar-refractivity contribution < 1.29 is 23.0 Å². The van der Waals surface area contributed by atoms with E-state index in [0.717, 1.165) is 49.4 Å². The molecule has 230 valence electrons. The molecule has 1 unspecified atom stereocenters. The van der Waals surface area contributed by atoms with Crippen LogP contribution < -0.4 is 9.80 Å². The molecule has 0 saturated carbocycles. The van der Waals surface area contributed by atoms with E-state index in [1.165, 1.54) is 6.08 Å². The van der Waals surface area contributed by atoms with Crippen LogP contribution in [0.4, 0.5) is 20.3 Å². The first-order chi connectivity index (χ1) is 20.8. The smallest absolute Gasteiger partial charge is 0.281 e. The number of aromatic nitrogens is 3. The van der Waals surface area contributed by atoms with Gasteiger partial charge >= 0.3 is 0 Å². The van der Waals surface area contributed by atoms with E-state index in [9.17, 15) is 13.6 Å². The monoisotopic (exact) mass is 595 g/mol. The Morgan fingerprint density at radius 3 is 2.81 bits per heavy atom. The van der Waals surface area contributed by atoms with Gasteiger partial charge < -0.3 is 24.2 Å². The van der Waals surface area contributed by atoms with Gasteiger partial charge in [-0.3, -0.25) is 14.4 Å². The molecule has 0 aliphatic carbocycles. The molecule has 43 heavy (non-hydrogen) atoms. The van der Waals surface area contributed by atoms with E-state index in [-0.39, 0.29) is 23.7 Å². The number of pyridine rings is 1. The molecule has 12 heteroatoms. The summed E-state index contributed by atoms with van der Waals surface area (Å²) in [5.74, 6) is 0.531. The number of ether oxygens (including phenoxy) is 2. The minimum absolute atomic E-state index is 0.00188. The van der Waals surface area contributed by atoms with Crippen LogP contribution in [0.5, 0.6) is 0 Å². The lowest BCUT2D eigenvalue weighted by Gasteiger charge is -2.55. The third-order valence-electron chi connectivity index (χ3n) is 9.95. The van der Waals surface area contributed by atoms with Gasteiger partial charge in [0.1, 0.15) is 17.1 Å². The average molecular weight is 596 g/mol. The Balaban J connectivity index is 1.15. The standard InChI is InChI=1S/C31H39F2N7O3/c1-4-27(41)37-12-10-36(11-13-37)25-16-39-23(25)7-5-6-22-24(39)14-26(35-28(22)30(32)33)38-9-8-31(19-38)29-20(2)15-34-40(29)21(17-42-3)18-43-31/h4-6,14-15,21,23,25,30H,1,7-13,16-19H2,2-3H3/t21?,23-,25+,31-/m0/s1. The summed E-state index contributed by atoms with van der Waals surface area (Å²) in [5.41, 5.74) is 2.68. The normalized spacial score (nSPS) is 28.5. The summed E-state index contributed by atoms with van der Waals surface area (Å²) in [6.45, 7) is 11.5. The van der Waals surface area contributed by atoms with E-state index in [1.54, 1.807) is 7.11 Å². The van der Waals surface area contributed by atoms with Crippen LogP contribution in [0.25, 0.3) is 6.08 Å². The second-order valence-corrected chi connectivity index (χ2v) is 12.3. The third-order valence-corrected chi connectivity index (χ3v) is 9.95. The predicted molar refractivity (Wildman–Crippen MR) is 158 cm³/mol. The topological polar surface area (TPSA) is 79.2 Å². The highest BCUT2D eigenvalue weighted by Gasteiger charge is 2.49. The summed E-state index contributed by atoms with van der Waals surface area (Å²) in [7, 11) is 1.68. The Kier molecular flexibility index (Phi) is 7.26. The van der Waals surface area contributed by atoms with E-state index < -0.39 is 12.0 Å². The molecule has 10 nitrogen and oxygen atoms in total. The highest BCUT2D eigenvalue weighted by molar-refractivity contribution is 5.87. The van der Waals surface area contributed by atoms with Gasteiger partial charge in [0, 0.05) is 76.5 Å². The van der Waals surface area contributed by atoms with Gasteiger partial charge in [0.05, 0.1) is 43.4 Å². The van der Waals surface area contributed by atoms with Crippen LogP contribution >= 0.6 is 0 Å². The number of hydrogen-bond acceptors (Lipinski definition) is 8. The first-order valence-electron chi connectivity index (χ1n) is 15.2. The Bertz CT molecular complexity index is 1440. The van der Waals surface area contributed by atoms with Crippen molar-refractivity contribution in [2.75, 3.05) is 75.9 Å². The lowest BCUT2D eigenvalue weighted by atomic mass is 9.90. The number of aryl methyl sites for hydroxylation is 1. The van der Waals surface area contributed by atoms with Crippen molar-refractivity contribution in [3.05, 3.63) is 53.5 Å². The van der Waals surface area contributed by atoms with Gasteiger partial charge in [-0.15, -0.1) is 0 Å². The second-order valence-electron chi connectivity index (χ2n) is 12.3. The number of alkyl halides is 2. The molecule has 4 atom stereocenters. The van der Waals surface area contributed by atoms with Gasteiger partial charge in [-0.2, -0.15) is 5.10 Å². The molecule has 2 aromatic heterocycles. The minimum atomic E-state index is -2.69. The Morgan fingerprint density at radius 2 is 2.07 bits per heavy atom. The summed E-state index contributed by atoms with van der Waals surface area (Å²) in [6, 6.07) is 2.48. The molecule has 5 aliphatic rings. The van der Waals surface area contributed by atoms with Crippen molar-refractivity contribution in [1.29, 1.82) is 0 Å². The molecule has 7 rings (SSSR count). The van der Waals surface area contributed by atoms with Crippen molar-refractivity contribution in [1.82, 2.24) is 24.6 Å². The average Bonchev–Trinajstić information content (AvgIpc) is 3.57. The van der Waals surface area contributed by atoms with Crippen molar-refractivity contribution in [2.45, 2.75) is 49.9 Å². The molecule has 0 N–H and O–H groups in total. The number of methoxy groups -OCH3 is 1. The lowest BCUT2D eigenvalue weighted by Crippen LogP contribution is -2.69. The predicted octanol–water partition coefficient (Wildman–Crippen LogP) is 3.15. The Labute approximate surface area is 250 Å². The number of rotatable bonds is 6. The zero-order valence-electron chi connectivity index (χ0n) is 24.8. The van der Waals surface area contributed by atoms with E-state index in [1.807, 2.05) is 40.9 Å². The SMILES string of the molecule is C=CC(=O)N1CCN([C@@H]2CN3c4cc(N5CC[C@@]6(C5)OCC(COC)n5ncc(C)c56)nc(C(F)F)c4C=CC[C@@H]23)CC1. The summed E-state index contributed by atoms with van der Waals surface area (Å²) in [5, 5.41) is 4.65. The third kappa shape index (κ3) is 4.65. The van der Waals surface area contributed by atoms with Gasteiger partial charge in [0.25, 0.3) is 6.43 Å². The first-order valence-corrected chi connectivity index (χ1v) is 15.2. The van der Waals surface area contributed by atoms with Gasteiger partial charge in [-0.1, -0.05) is 18.7 Å². The number of anilines is 2. The molecule has 7 heterocycles. The fraction of sp³-hybridized carbons (Fsp3) is 0.581. The Morgan fingerprint density at radius 1 is 1.26 bits per heavy atom. The number of amides is 1. The second kappa shape index (κ2) is 11.0. The molecule has 0 aromatic carbocycles. The quantitative estimate of drug-likeness (QED) is 0.472. The van der Waals surface area contributed by atoms with Gasteiger partial charge in [0.2, 0.25) is 5.91 Å². The van der Waals surface area contributed by atoms with Crippen LogP contribution in [0.1, 0.15) is 47.8 Å². The number of fused-ring (bicyclic) bond motifs is 5. The summed E-state index contributed by atoms with van der Waals surface area (Å²) in [6.07, 6.45) is 5.89. The van der Waals surface area contributed by atoms with Gasteiger partial charge in [0.15, 0.2) is 0 Å². The van der Waals surface area contributed by atoms with Crippen LogP contribution in [0.15, 0.2) is 31.0 Å². The summed E-state index contributed by atoms with van der Waals surface area (Å²) >= 11 is 0. The number of carbonyl (C=O) groups is 1. The number of halogens is 2. The lowest BCUT2D eigenvalue weighted by molar-refractivity contribution is -0.128. The number of nitrogens with zero attached hydrogens (tertiary/aromatic N) is 7. The van der Waals surface area contributed by atoms with Crippen LogP contribution in [-0.2, 0) is 19.9 Å². The molecule has 3 fully saturated rings. The first kappa shape index (κ1) is 28.4.